The van der Waals surface area contributed by atoms with Gasteiger partial charge in [0.15, 0.2) is 5.11 Å². The molecule has 2 amide bonds. The van der Waals surface area contributed by atoms with E-state index in [0.717, 1.165) is 63.4 Å². The van der Waals surface area contributed by atoms with Gasteiger partial charge in [0.05, 0.1) is 12.8 Å². The fraction of sp³-hybridized carbons (Fsp3) is 0.462. The second-order valence-electron chi connectivity index (χ2n) is 9.61. The van der Waals surface area contributed by atoms with Gasteiger partial charge in [-0.15, -0.1) is 0 Å². The summed E-state index contributed by atoms with van der Waals surface area (Å²) in [5.74, 6) is 0.678. The Bertz CT molecular complexity index is 1010. The number of fused-ring (bicyclic) bond motifs is 1. The van der Waals surface area contributed by atoms with E-state index in [1.54, 1.807) is 7.11 Å². The molecule has 2 N–H and O–H groups in total. The zero-order chi connectivity index (χ0) is 22.8. The highest BCUT2D eigenvalue weighted by atomic mass is 32.1. The van der Waals surface area contributed by atoms with Crippen LogP contribution in [0.15, 0.2) is 48.5 Å². The fourth-order valence-electron chi connectivity index (χ4n) is 5.57. The first kappa shape index (κ1) is 22.0. The minimum atomic E-state index is -0.0535. The third kappa shape index (κ3) is 4.64. The maximum Gasteiger partial charge on any atom is 0.321 e. The molecular weight excluding hydrogens is 432 g/mol. The third-order valence-corrected chi connectivity index (χ3v) is 7.94. The number of anilines is 1. The van der Waals surface area contributed by atoms with Crippen LogP contribution in [0, 0.1) is 5.41 Å². The van der Waals surface area contributed by atoms with Crippen molar-refractivity contribution in [2.24, 2.45) is 5.41 Å². The Kier molecular flexibility index (Phi) is 6.15. The summed E-state index contributed by atoms with van der Waals surface area (Å²) in [6.07, 6.45) is 5.26. The molecule has 174 valence electrons. The first-order valence-electron chi connectivity index (χ1n) is 11.9. The number of rotatable bonds is 3. The molecule has 6 nitrogen and oxygen atoms in total. The van der Waals surface area contributed by atoms with Crippen LogP contribution in [0.4, 0.5) is 10.5 Å². The van der Waals surface area contributed by atoms with Crippen molar-refractivity contribution >= 4 is 29.0 Å². The molecule has 0 bridgehead atoms. The van der Waals surface area contributed by atoms with Gasteiger partial charge in [-0.2, -0.15) is 0 Å². The van der Waals surface area contributed by atoms with Crippen molar-refractivity contribution in [3.63, 3.8) is 0 Å². The summed E-state index contributed by atoms with van der Waals surface area (Å²) in [5, 5.41) is 7.52. The Balaban J connectivity index is 1.11. The number of carbonyl (C=O) groups excluding carboxylic acids is 1. The Hall–Kier alpha value is -2.80. The number of thiocarbonyl (C=S) groups is 1. The van der Waals surface area contributed by atoms with Crippen LogP contribution in [-0.4, -0.2) is 60.3 Å². The molecule has 2 fully saturated rings. The van der Waals surface area contributed by atoms with E-state index in [9.17, 15) is 4.79 Å². The molecule has 33 heavy (non-hydrogen) atoms. The van der Waals surface area contributed by atoms with Crippen molar-refractivity contribution in [3.8, 4) is 5.75 Å². The predicted molar refractivity (Wildman–Crippen MR) is 135 cm³/mol. The smallest absolute Gasteiger partial charge is 0.321 e. The predicted octanol–water partition coefficient (Wildman–Crippen LogP) is 4.06. The Labute approximate surface area is 201 Å². The average Bonchev–Trinajstić information content (AvgIpc) is 3.43. The van der Waals surface area contributed by atoms with Crippen LogP contribution in [0.25, 0.3) is 0 Å². The van der Waals surface area contributed by atoms with Crippen LogP contribution in [-0.2, 0) is 12.8 Å². The lowest BCUT2D eigenvalue weighted by molar-refractivity contribution is 0.131. The van der Waals surface area contributed by atoms with Gasteiger partial charge >= 0.3 is 6.03 Å². The zero-order valence-electron chi connectivity index (χ0n) is 19.2. The first-order valence-corrected chi connectivity index (χ1v) is 12.3. The van der Waals surface area contributed by atoms with Crippen LogP contribution in [0.1, 0.15) is 30.4 Å². The number of carbonyl (C=O) groups is 1. The van der Waals surface area contributed by atoms with Gasteiger partial charge in [0, 0.05) is 32.2 Å². The number of amides is 2. The van der Waals surface area contributed by atoms with Crippen LogP contribution < -0.4 is 15.4 Å². The number of hydrogen-bond acceptors (Lipinski definition) is 3. The van der Waals surface area contributed by atoms with Gasteiger partial charge in [-0.25, -0.2) is 4.79 Å². The molecule has 0 atom stereocenters. The summed E-state index contributed by atoms with van der Waals surface area (Å²) >= 11 is 5.80. The summed E-state index contributed by atoms with van der Waals surface area (Å²) in [6.45, 7) is 3.53. The Morgan fingerprint density at radius 2 is 1.58 bits per heavy atom. The zero-order valence-corrected chi connectivity index (χ0v) is 20.0. The normalized spacial score (nSPS) is 19.4. The number of nitrogens with zero attached hydrogens (tertiary/aromatic N) is 2. The lowest BCUT2D eigenvalue weighted by Crippen LogP contribution is -2.48. The standard InChI is InChI=1S/C26H32N4O2S/c1-32-23-9-5-4-8-22(23)28-24(31)29-13-10-26(11-14-29)12-15-30(18-26)25(33)27-21-16-19-6-2-3-7-20(19)17-21/h2-9,21H,10-18H2,1H3,(H,27,33)(H,28,31). The Morgan fingerprint density at radius 1 is 0.970 bits per heavy atom. The molecule has 2 heterocycles. The van der Waals surface area contributed by atoms with Crippen molar-refractivity contribution in [2.75, 3.05) is 38.6 Å². The molecule has 2 aliphatic heterocycles. The van der Waals surface area contributed by atoms with Crippen LogP contribution >= 0.6 is 12.2 Å². The number of piperidine rings is 1. The number of nitrogens with one attached hydrogen (secondary N) is 2. The molecule has 1 spiro atoms. The highest BCUT2D eigenvalue weighted by Crippen LogP contribution is 2.40. The lowest BCUT2D eigenvalue weighted by Gasteiger charge is -2.39. The van der Waals surface area contributed by atoms with E-state index in [2.05, 4.69) is 39.8 Å². The molecule has 2 aromatic carbocycles. The van der Waals surface area contributed by atoms with E-state index < -0.39 is 0 Å². The van der Waals surface area contributed by atoms with Gasteiger partial charge in [-0.3, -0.25) is 0 Å². The molecule has 2 saturated heterocycles. The highest BCUT2D eigenvalue weighted by Gasteiger charge is 2.42. The summed E-state index contributed by atoms with van der Waals surface area (Å²) in [4.78, 5) is 17.1. The quantitative estimate of drug-likeness (QED) is 0.671. The molecule has 3 aliphatic rings. The van der Waals surface area contributed by atoms with Crippen molar-refractivity contribution in [2.45, 2.75) is 38.1 Å². The van der Waals surface area contributed by atoms with Gasteiger partial charge in [0.1, 0.15) is 5.75 Å². The number of ether oxygens (including phenoxy) is 1. The Morgan fingerprint density at radius 3 is 2.24 bits per heavy atom. The second kappa shape index (κ2) is 9.21. The summed E-state index contributed by atoms with van der Waals surface area (Å²) in [7, 11) is 1.62. The first-order chi connectivity index (χ1) is 16.0. The maximum absolute atomic E-state index is 12.8. The van der Waals surface area contributed by atoms with Gasteiger partial charge in [-0.05, 0) is 73.0 Å². The largest absolute Gasteiger partial charge is 0.495 e. The SMILES string of the molecule is COc1ccccc1NC(=O)N1CCC2(CC1)CCN(C(=S)NC1Cc3ccccc3C1)C2. The molecule has 0 radical (unpaired) electrons. The second-order valence-corrected chi connectivity index (χ2v) is 10.00. The third-order valence-electron chi connectivity index (χ3n) is 7.56. The van der Waals surface area contributed by atoms with E-state index in [4.69, 9.17) is 17.0 Å². The van der Waals surface area contributed by atoms with E-state index in [1.807, 2.05) is 29.2 Å². The molecule has 0 aromatic heterocycles. The van der Waals surface area contributed by atoms with Gasteiger partial charge in [-0.1, -0.05) is 36.4 Å². The van der Waals surface area contributed by atoms with Crippen LogP contribution in [0.3, 0.4) is 0 Å². The molecule has 0 saturated carbocycles. The van der Waals surface area contributed by atoms with Gasteiger partial charge < -0.3 is 25.2 Å². The molecule has 5 rings (SSSR count). The van der Waals surface area contributed by atoms with E-state index in [1.165, 1.54) is 11.1 Å². The number of urea groups is 1. The number of benzene rings is 2. The van der Waals surface area contributed by atoms with Crippen LogP contribution in [0.5, 0.6) is 5.75 Å². The van der Waals surface area contributed by atoms with E-state index in [-0.39, 0.29) is 11.4 Å². The molecule has 0 unspecified atom stereocenters. The molecule has 2 aromatic rings. The number of para-hydroxylation sites is 2. The van der Waals surface area contributed by atoms with Gasteiger partial charge in [0.25, 0.3) is 0 Å². The van der Waals surface area contributed by atoms with E-state index in [0.29, 0.717) is 17.5 Å². The average molecular weight is 465 g/mol. The number of likely N-dealkylation sites (tertiary alicyclic amines) is 2. The maximum atomic E-state index is 12.8. The van der Waals surface area contributed by atoms with Crippen molar-refractivity contribution < 1.29 is 9.53 Å². The number of hydrogen-bond donors (Lipinski definition) is 2. The van der Waals surface area contributed by atoms with Crippen molar-refractivity contribution in [1.29, 1.82) is 0 Å². The molecular formula is C26H32N4O2S. The summed E-state index contributed by atoms with van der Waals surface area (Å²) in [5.41, 5.74) is 3.85. The highest BCUT2D eigenvalue weighted by molar-refractivity contribution is 7.80. The molecule has 7 heteroatoms. The summed E-state index contributed by atoms with van der Waals surface area (Å²) < 4.78 is 5.35. The fourth-order valence-corrected chi connectivity index (χ4v) is 5.89. The topological polar surface area (TPSA) is 56.8 Å². The number of methoxy groups -OCH3 is 1. The van der Waals surface area contributed by atoms with Gasteiger partial charge in [0.2, 0.25) is 0 Å². The van der Waals surface area contributed by atoms with Crippen LogP contribution in [0.2, 0.25) is 0 Å². The summed E-state index contributed by atoms with van der Waals surface area (Å²) in [6, 6.07) is 16.6. The van der Waals surface area contributed by atoms with Crippen molar-refractivity contribution in [3.05, 3.63) is 59.7 Å². The van der Waals surface area contributed by atoms with Crippen molar-refractivity contribution in [1.82, 2.24) is 15.1 Å². The van der Waals surface area contributed by atoms with E-state index >= 15 is 0 Å². The monoisotopic (exact) mass is 464 g/mol. The minimum absolute atomic E-state index is 0.0535. The molecule has 1 aliphatic carbocycles. The minimum Gasteiger partial charge on any atom is -0.495 e. The lowest BCUT2D eigenvalue weighted by atomic mass is 9.78.